The number of hydrogen-bond acceptors (Lipinski definition) is 1. The minimum absolute atomic E-state index is 0.287. The maximum Gasteiger partial charge on any atom is 0.0736 e. The van der Waals surface area contributed by atoms with Gasteiger partial charge in [0.25, 0.3) is 0 Å². The average molecular weight is 485 g/mol. The van der Waals surface area contributed by atoms with E-state index in [1.807, 2.05) is 0 Å². The molecular weight excluding hydrogens is 448 g/mol. The standard InChI is InChI=1S/C35H36N2/c1-3-5-24-36-30(28-18-10-14-26-16-12-22-32(36)34(26)28)20-8-7-9-21-31-29-19-11-15-27-17-13-23-33(35(27)29)37(31)25-6-4-2/h7-23,30H,3-6,24-25H2,1-2H3. The zero-order valence-corrected chi connectivity index (χ0v) is 22.0. The van der Waals surface area contributed by atoms with Gasteiger partial charge in [-0.2, -0.15) is 0 Å². The molecule has 2 heteroatoms. The van der Waals surface area contributed by atoms with Crippen LogP contribution in [0.1, 0.15) is 51.1 Å². The third-order valence-corrected chi connectivity index (χ3v) is 7.88. The zero-order chi connectivity index (χ0) is 25.2. The van der Waals surface area contributed by atoms with Crippen molar-refractivity contribution in [3.63, 3.8) is 0 Å². The number of anilines is 1. The van der Waals surface area contributed by atoms with Crippen molar-refractivity contribution in [1.29, 1.82) is 0 Å². The first-order valence-electron chi connectivity index (χ1n) is 13.9. The van der Waals surface area contributed by atoms with Crippen LogP contribution in [0, 0.1) is 0 Å². The lowest BCUT2D eigenvalue weighted by molar-refractivity contribution is 0.640. The Labute approximate surface area is 220 Å². The van der Waals surface area contributed by atoms with Gasteiger partial charge in [0.1, 0.15) is 0 Å². The van der Waals surface area contributed by atoms with Gasteiger partial charge in [-0.15, -0.1) is 0 Å². The Morgan fingerprint density at radius 2 is 1.41 bits per heavy atom. The largest absolute Gasteiger partial charge is 0.360 e. The maximum atomic E-state index is 2.59. The molecule has 1 aliphatic heterocycles. The molecule has 5 aromatic rings. The van der Waals surface area contributed by atoms with Crippen molar-refractivity contribution in [2.75, 3.05) is 11.4 Å². The molecule has 4 aromatic carbocycles. The Bertz CT molecular complexity index is 1660. The fourth-order valence-corrected chi connectivity index (χ4v) is 6.10. The molecule has 0 bridgehead atoms. The Kier molecular flexibility index (Phi) is 6.57. The van der Waals surface area contributed by atoms with E-state index in [9.17, 15) is 0 Å². The van der Waals surface area contributed by atoms with E-state index >= 15 is 0 Å². The second-order valence-corrected chi connectivity index (χ2v) is 10.2. The average Bonchev–Trinajstić information content (AvgIpc) is 3.41. The first kappa shape index (κ1) is 23.6. The zero-order valence-electron chi connectivity index (χ0n) is 22.0. The van der Waals surface area contributed by atoms with Gasteiger partial charge >= 0.3 is 0 Å². The SMILES string of the molecule is CCCCN1c2cccc3cccc(c23)C1C=CC=CC=c1c2cccc3cccc(c32)n1CCCC. The smallest absolute Gasteiger partial charge is 0.0736 e. The van der Waals surface area contributed by atoms with Crippen LogP contribution >= 0.6 is 0 Å². The Morgan fingerprint density at radius 3 is 2.22 bits per heavy atom. The van der Waals surface area contributed by atoms with Gasteiger partial charge in [0, 0.05) is 45.8 Å². The summed E-state index contributed by atoms with van der Waals surface area (Å²) in [6, 6.07) is 27.1. The molecule has 37 heavy (non-hydrogen) atoms. The summed E-state index contributed by atoms with van der Waals surface area (Å²) in [5, 5.41) is 8.14. The second kappa shape index (κ2) is 10.3. The van der Waals surface area contributed by atoms with Gasteiger partial charge in [0.15, 0.2) is 0 Å². The Hall–Kier alpha value is -3.78. The maximum absolute atomic E-state index is 2.59. The predicted molar refractivity (Wildman–Crippen MR) is 161 cm³/mol. The molecule has 6 rings (SSSR count). The van der Waals surface area contributed by atoms with Crippen LogP contribution in [0.15, 0.2) is 97.1 Å². The molecule has 1 aliphatic rings. The van der Waals surface area contributed by atoms with Crippen molar-refractivity contribution in [3.05, 3.63) is 108 Å². The molecule has 0 fully saturated rings. The van der Waals surface area contributed by atoms with Crippen LogP contribution in [0.5, 0.6) is 0 Å². The summed E-state index contributed by atoms with van der Waals surface area (Å²) in [6.45, 7) is 6.68. The molecule has 0 radical (unpaired) electrons. The third-order valence-electron chi connectivity index (χ3n) is 7.88. The van der Waals surface area contributed by atoms with E-state index < -0.39 is 0 Å². The number of aromatic nitrogens is 1. The van der Waals surface area contributed by atoms with E-state index in [1.54, 1.807) is 0 Å². The predicted octanol–water partition coefficient (Wildman–Crippen LogP) is 8.72. The van der Waals surface area contributed by atoms with Gasteiger partial charge in [-0.3, -0.25) is 0 Å². The number of benzene rings is 4. The lowest BCUT2D eigenvalue weighted by Gasteiger charge is -2.26. The minimum atomic E-state index is 0.287. The van der Waals surface area contributed by atoms with Crippen LogP contribution in [-0.2, 0) is 6.54 Å². The highest BCUT2D eigenvalue weighted by Crippen LogP contribution is 2.44. The molecular formula is C35H36N2. The van der Waals surface area contributed by atoms with Crippen LogP contribution in [0.4, 0.5) is 5.69 Å². The number of hydrogen-bond donors (Lipinski definition) is 0. The second-order valence-electron chi connectivity index (χ2n) is 10.2. The number of unbranched alkanes of at least 4 members (excludes halogenated alkanes) is 2. The van der Waals surface area contributed by atoms with Crippen LogP contribution in [-0.4, -0.2) is 11.1 Å². The fraction of sp³-hybridized carbons (Fsp3) is 0.257. The van der Waals surface area contributed by atoms with Crippen molar-refractivity contribution in [2.45, 2.75) is 52.1 Å². The van der Waals surface area contributed by atoms with Crippen molar-refractivity contribution >= 4 is 44.2 Å². The lowest BCUT2D eigenvalue weighted by Crippen LogP contribution is -2.24. The minimum Gasteiger partial charge on any atom is -0.360 e. The summed E-state index contributed by atoms with van der Waals surface area (Å²) in [5.74, 6) is 0. The van der Waals surface area contributed by atoms with Crippen molar-refractivity contribution in [3.8, 4) is 0 Å². The molecule has 1 atom stereocenters. The highest BCUT2D eigenvalue weighted by atomic mass is 15.2. The van der Waals surface area contributed by atoms with Crippen molar-refractivity contribution in [1.82, 2.24) is 4.57 Å². The van der Waals surface area contributed by atoms with Gasteiger partial charge in [-0.1, -0.05) is 112 Å². The summed E-state index contributed by atoms with van der Waals surface area (Å²) in [5.41, 5.74) is 4.15. The van der Waals surface area contributed by atoms with Gasteiger partial charge in [0.2, 0.25) is 0 Å². The highest BCUT2D eigenvalue weighted by molar-refractivity contribution is 6.10. The van der Waals surface area contributed by atoms with Crippen LogP contribution in [0.25, 0.3) is 38.5 Å². The number of rotatable bonds is 9. The van der Waals surface area contributed by atoms with Gasteiger partial charge in [0.05, 0.1) is 6.04 Å². The third kappa shape index (κ3) is 4.15. The first-order valence-corrected chi connectivity index (χ1v) is 13.9. The van der Waals surface area contributed by atoms with E-state index in [0.717, 1.165) is 13.1 Å². The summed E-state index contributed by atoms with van der Waals surface area (Å²) in [7, 11) is 0. The van der Waals surface area contributed by atoms with Crippen LogP contribution in [0.3, 0.4) is 0 Å². The van der Waals surface area contributed by atoms with Crippen LogP contribution in [0.2, 0.25) is 0 Å². The molecule has 1 aromatic heterocycles. The molecule has 2 heterocycles. The van der Waals surface area contributed by atoms with Crippen molar-refractivity contribution in [2.24, 2.45) is 0 Å². The number of allylic oxidation sites excluding steroid dienone is 3. The first-order chi connectivity index (χ1) is 18.3. The summed E-state index contributed by atoms with van der Waals surface area (Å²) < 4.78 is 2.51. The summed E-state index contributed by atoms with van der Waals surface area (Å²) in [6.07, 6.45) is 16.1. The molecule has 186 valence electrons. The van der Waals surface area contributed by atoms with E-state index in [0.29, 0.717) is 0 Å². The number of aryl methyl sites for hydroxylation is 1. The van der Waals surface area contributed by atoms with Gasteiger partial charge in [-0.25, -0.2) is 0 Å². The molecule has 0 N–H and O–H groups in total. The monoisotopic (exact) mass is 484 g/mol. The Balaban J connectivity index is 1.35. The Morgan fingerprint density at radius 1 is 0.703 bits per heavy atom. The lowest BCUT2D eigenvalue weighted by atomic mass is 10.0. The summed E-state index contributed by atoms with van der Waals surface area (Å²) >= 11 is 0. The van der Waals surface area contributed by atoms with E-state index in [1.165, 1.54) is 74.7 Å². The molecule has 0 amide bonds. The summed E-state index contributed by atoms with van der Waals surface area (Å²) in [4.78, 5) is 2.59. The van der Waals surface area contributed by atoms with Crippen LogP contribution < -0.4 is 10.2 Å². The van der Waals surface area contributed by atoms with E-state index in [-0.39, 0.29) is 6.04 Å². The quantitative estimate of drug-likeness (QED) is 0.190. The normalized spacial score (nSPS) is 16.1. The molecule has 0 aliphatic carbocycles. The van der Waals surface area contributed by atoms with Gasteiger partial charge in [-0.05, 0) is 47.4 Å². The van der Waals surface area contributed by atoms with E-state index in [2.05, 4.69) is 126 Å². The molecule has 0 spiro atoms. The molecule has 0 saturated heterocycles. The topological polar surface area (TPSA) is 8.17 Å². The fourth-order valence-electron chi connectivity index (χ4n) is 6.10. The molecule has 1 unspecified atom stereocenters. The van der Waals surface area contributed by atoms with E-state index in [4.69, 9.17) is 0 Å². The number of nitrogens with zero attached hydrogens (tertiary/aromatic N) is 2. The molecule has 0 saturated carbocycles. The van der Waals surface area contributed by atoms with Crippen molar-refractivity contribution < 1.29 is 0 Å². The highest BCUT2D eigenvalue weighted by Gasteiger charge is 2.28. The van der Waals surface area contributed by atoms with Gasteiger partial charge < -0.3 is 9.47 Å². The molecule has 2 nitrogen and oxygen atoms in total.